The highest BCUT2D eigenvalue weighted by Crippen LogP contribution is 2.54. The molecule has 0 amide bonds. The Morgan fingerprint density at radius 2 is 1.24 bits per heavy atom. The third kappa shape index (κ3) is 5.46. The number of hydrogen-bond acceptors (Lipinski definition) is 5. The van der Waals surface area contributed by atoms with E-state index in [9.17, 15) is 5.26 Å². The number of aromatic nitrogens is 3. The van der Waals surface area contributed by atoms with Gasteiger partial charge in [0, 0.05) is 27.5 Å². The smallest absolute Gasteiger partial charge is 0.164 e. The van der Waals surface area contributed by atoms with Crippen molar-refractivity contribution >= 4 is 21.9 Å². The molecule has 50 heavy (non-hydrogen) atoms. The Morgan fingerprint density at radius 1 is 0.580 bits per heavy atom. The van der Waals surface area contributed by atoms with Crippen LogP contribution in [-0.2, 0) is 5.41 Å². The first-order chi connectivity index (χ1) is 24.4. The monoisotopic (exact) mass is 650 g/mol. The fourth-order valence-corrected chi connectivity index (χ4v) is 9.29. The van der Waals surface area contributed by atoms with Gasteiger partial charge in [0.2, 0.25) is 0 Å². The Hall–Kier alpha value is -5.60. The Balaban J connectivity index is 1.17. The molecule has 2 aliphatic rings. The van der Waals surface area contributed by atoms with E-state index in [2.05, 4.69) is 62.4 Å². The zero-order valence-electron chi connectivity index (χ0n) is 28.4. The predicted molar refractivity (Wildman–Crippen MR) is 200 cm³/mol. The molecule has 2 unspecified atom stereocenters. The fraction of sp³-hybridized carbons (Fsp3) is 0.244. The molecule has 2 saturated carbocycles. The fourth-order valence-electron chi connectivity index (χ4n) is 9.29. The number of rotatable bonds is 5. The van der Waals surface area contributed by atoms with Crippen molar-refractivity contribution < 1.29 is 4.42 Å². The summed E-state index contributed by atoms with van der Waals surface area (Å²) >= 11 is 0. The first-order valence-electron chi connectivity index (χ1n) is 17.8. The summed E-state index contributed by atoms with van der Waals surface area (Å²) in [4.78, 5) is 15.1. The maximum atomic E-state index is 10.2. The summed E-state index contributed by atoms with van der Waals surface area (Å²) in [5.74, 6) is 3.97. The van der Waals surface area contributed by atoms with E-state index in [0.29, 0.717) is 23.0 Å². The molecule has 4 atom stereocenters. The Bertz CT molecular complexity index is 2420. The van der Waals surface area contributed by atoms with Gasteiger partial charge < -0.3 is 4.42 Å². The lowest BCUT2D eigenvalue weighted by Crippen LogP contribution is -2.42. The Labute approximate surface area is 292 Å². The third-order valence-corrected chi connectivity index (χ3v) is 11.1. The summed E-state index contributed by atoms with van der Waals surface area (Å²) in [6.45, 7) is 4.87. The Morgan fingerprint density at radius 3 is 2.02 bits per heavy atom. The number of nitrogens with zero attached hydrogens (tertiary/aromatic N) is 4. The van der Waals surface area contributed by atoms with E-state index in [1.165, 1.54) is 37.7 Å². The number of para-hydroxylation sites is 1. The van der Waals surface area contributed by atoms with Crippen molar-refractivity contribution in [2.24, 2.45) is 17.8 Å². The summed E-state index contributed by atoms with van der Waals surface area (Å²) in [5, 5.41) is 12.3. The van der Waals surface area contributed by atoms with Gasteiger partial charge in [-0.2, -0.15) is 5.26 Å². The summed E-state index contributed by atoms with van der Waals surface area (Å²) < 4.78 is 6.11. The molecule has 2 aromatic heterocycles. The first-order valence-corrected chi connectivity index (χ1v) is 17.8. The van der Waals surface area contributed by atoms with E-state index in [-0.39, 0.29) is 5.41 Å². The second-order valence-corrected chi connectivity index (χ2v) is 14.9. The lowest BCUT2D eigenvalue weighted by Gasteiger charge is -2.50. The van der Waals surface area contributed by atoms with Crippen LogP contribution in [0.4, 0.5) is 0 Å². The van der Waals surface area contributed by atoms with Gasteiger partial charge in [-0.25, -0.2) is 15.0 Å². The lowest BCUT2D eigenvalue weighted by molar-refractivity contribution is 0.0780. The van der Waals surface area contributed by atoms with Crippen molar-refractivity contribution in [2.75, 3.05) is 0 Å². The SMILES string of the molecule is C[C@@H]1CC2C[C@H](C)CC(c3cccc(-c4cc(C#N)cc(-c5nc(-c6ccccc6)nc(-c6ccc7oc8ccccc8c7c6)n5)c4)c3)(C2)C1. The van der Waals surface area contributed by atoms with Crippen LogP contribution in [0.15, 0.2) is 120 Å². The molecule has 0 N–H and O–H groups in total. The van der Waals surface area contributed by atoms with Crippen LogP contribution in [0.5, 0.6) is 0 Å². The van der Waals surface area contributed by atoms with E-state index in [4.69, 9.17) is 19.4 Å². The van der Waals surface area contributed by atoms with Crippen molar-refractivity contribution in [1.29, 1.82) is 5.26 Å². The predicted octanol–water partition coefficient (Wildman–Crippen LogP) is 11.4. The van der Waals surface area contributed by atoms with Gasteiger partial charge in [-0.15, -0.1) is 0 Å². The van der Waals surface area contributed by atoms with E-state index in [0.717, 1.165) is 67.5 Å². The van der Waals surface area contributed by atoms with Crippen molar-refractivity contribution in [3.63, 3.8) is 0 Å². The largest absolute Gasteiger partial charge is 0.456 e. The number of benzene rings is 5. The van der Waals surface area contributed by atoms with E-state index in [1.807, 2.05) is 72.8 Å². The van der Waals surface area contributed by atoms with Gasteiger partial charge in [0.25, 0.3) is 0 Å². The van der Waals surface area contributed by atoms with Gasteiger partial charge in [-0.3, -0.25) is 0 Å². The summed E-state index contributed by atoms with van der Waals surface area (Å²) in [5.41, 5.74) is 8.59. The molecule has 9 rings (SSSR count). The van der Waals surface area contributed by atoms with Crippen LogP contribution < -0.4 is 0 Å². The summed E-state index contributed by atoms with van der Waals surface area (Å²) in [7, 11) is 0. The zero-order valence-corrected chi connectivity index (χ0v) is 28.4. The van der Waals surface area contributed by atoms with Crippen LogP contribution >= 0.6 is 0 Å². The van der Waals surface area contributed by atoms with Crippen LogP contribution in [0.3, 0.4) is 0 Å². The van der Waals surface area contributed by atoms with Crippen LogP contribution in [0.1, 0.15) is 57.1 Å². The molecule has 5 aromatic carbocycles. The minimum Gasteiger partial charge on any atom is -0.456 e. The first kappa shape index (κ1) is 30.5. The highest BCUT2D eigenvalue weighted by molar-refractivity contribution is 6.06. The molecular weight excluding hydrogens is 613 g/mol. The van der Waals surface area contributed by atoms with Crippen molar-refractivity contribution in [3.05, 3.63) is 126 Å². The maximum absolute atomic E-state index is 10.2. The molecule has 2 heterocycles. The minimum absolute atomic E-state index is 0.223. The average molecular weight is 651 g/mol. The highest BCUT2D eigenvalue weighted by Gasteiger charge is 2.45. The second-order valence-electron chi connectivity index (χ2n) is 14.9. The van der Waals surface area contributed by atoms with E-state index in [1.54, 1.807) is 0 Å². The highest BCUT2D eigenvalue weighted by atomic mass is 16.3. The minimum atomic E-state index is 0.223. The topological polar surface area (TPSA) is 75.6 Å². The molecule has 2 bridgehead atoms. The number of nitriles is 1. The van der Waals surface area contributed by atoms with E-state index >= 15 is 0 Å². The maximum Gasteiger partial charge on any atom is 0.164 e. The molecular formula is C45H38N4O. The molecule has 2 aliphatic carbocycles. The third-order valence-electron chi connectivity index (χ3n) is 11.1. The zero-order chi connectivity index (χ0) is 33.8. The van der Waals surface area contributed by atoms with Crippen molar-refractivity contribution in [3.8, 4) is 51.4 Å². The van der Waals surface area contributed by atoms with Crippen LogP contribution in [-0.4, -0.2) is 15.0 Å². The molecule has 7 aromatic rings. The molecule has 5 heteroatoms. The molecule has 244 valence electrons. The van der Waals surface area contributed by atoms with Gasteiger partial charge in [0.15, 0.2) is 17.5 Å². The van der Waals surface area contributed by atoms with Gasteiger partial charge in [0.05, 0.1) is 11.6 Å². The van der Waals surface area contributed by atoms with Crippen LogP contribution in [0.2, 0.25) is 0 Å². The van der Waals surface area contributed by atoms with Crippen molar-refractivity contribution in [2.45, 2.75) is 51.4 Å². The average Bonchev–Trinajstić information content (AvgIpc) is 3.52. The number of hydrogen-bond donors (Lipinski definition) is 0. The van der Waals surface area contributed by atoms with Gasteiger partial charge in [0.1, 0.15) is 11.2 Å². The van der Waals surface area contributed by atoms with Gasteiger partial charge in [-0.1, -0.05) is 86.6 Å². The molecule has 0 saturated heterocycles. The van der Waals surface area contributed by atoms with Crippen LogP contribution in [0.25, 0.3) is 67.2 Å². The molecule has 5 nitrogen and oxygen atoms in total. The molecule has 0 spiro atoms. The molecule has 0 aliphatic heterocycles. The van der Waals surface area contributed by atoms with Crippen LogP contribution in [0, 0.1) is 29.1 Å². The quantitative estimate of drug-likeness (QED) is 0.185. The van der Waals surface area contributed by atoms with Crippen molar-refractivity contribution in [1.82, 2.24) is 15.0 Å². The Kier molecular flexibility index (Phi) is 7.35. The summed E-state index contributed by atoms with van der Waals surface area (Å²) in [6, 6.07) is 41.7. The molecule has 2 fully saturated rings. The summed E-state index contributed by atoms with van der Waals surface area (Å²) in [6.07, 6.45) is 6.48. The normalized spacial score (nSPS) is 21.7. The standard InChI is InChI=1S/C45H38N4O/c1-28-17-30-18-29(2)25-45(24-28,26-30)37-12-8-11-33(22-37)35-19-31(27-46)20-36(21-35)44-48-42(32-9-4-3-5-10-32)47-43(49-44)34-15-16-41-39(23-34)38-13-6-7-14-40(38)50-41/h3-16,19-23,28-30H,17-18,24-26H2,1-2H3/t28-,29+,30?,45?. The second kappa shape index (κ2) is 12.1. The molecule has 0 radical (unpaired) electrons. The lowest BCUT2D eigenvalue weighted by atomic mass is 9.54. The number of fused-ring (bicyclic) bond motifs is 5. The van der Waals surface area contributed by atoms with Gasteiger partial charge in [-0.05, 0) is 114 Å². The van der Waals surface area contributed by atoms with Gasteiger partial charge >= 0.3 is 0 Å². The number of furan rings is 1. The van der Waals surface area contributed by atoms with E-state index < -0.39 is 0 Å².